The Bertz CT molecular complexity index is 383. The van der Waals surface area contributed by atoms with Gasteiger partial charge in [0.05, 0.1) is 11.4 Å². The highest BCUT2D eigenvalue weighted by Crippen LogP contribution is 2.28. The third kappa shape index (κ3) is 3.45. The summed E-state index contributed by atoms with van der Waals surface area (Å²) in [5.74, 6) is 0. The lowest BCUT2D eigenvalue weighted by molar-refractivity contribution is 0.349. The lowest BCUT2D eigenvalue weighted by Gasteiger charge is -2.31. The molecule has 3 unspecified atom stereocenters. The number of aryl methyl sites for hydroxylation is 1. The molecule has 0 spiro atoms. The summed E-state index contributed by atoms with van der Waals surface area (Å²) < 4.78 is 0. The highest BCUT2D eigenvalue weighted by Gasteiger charge is 2.23. The van der Waals surface area contributed by atoms with Gasteiger partial charge in [0.2, 0.25) is 0 Å². The quantitative estimate of drug-likeness (QED) is 0.908. The first-order valence-corrected chi connectivity index (χ1v) is 8.06. The van der Waals surface area contributed by atoms with E-state index in [0.717, 1.165) is 16.6 Å². The Balaban J connectivity index is 1.95. The monoisotopic (exact) mass is 265 g/mol. The molecule has 1 aliphatic rings. The molecule has 3 atom stereocenters. The maximum absolute atomic E-state index is 4.45. The second kappa shape index (κ2) is 6.53. The van der Waals surface area contributed by atoms with Crippen molar-refractivity contribution in [3.63, 3.8) is 0 Å². The molecule has 0 saturated heterocycles. The first kappa shape index (κ1) is 13.8. The molecule has 0 aromatic carbocycles. The third-order valence-electron chi connectivity index (χ3n) is 3.77. The topological polar surface area (TPSA) is 37.8 Å². The van der Waals surface area contributed by atoms with Gasteiger partial charge in [-0.3, -0.25) is 9.97 Å². The number of aromatic nitrogens is 2. The van der Waals surface area contributed by atoms with Crippen LogP contribution in [0.5, 0.6) is 0 Å². The van der Waals surface area contributed by atoms with Crippen molar-refractivity contribution in [2.24, 2.45) is 0 Å². The normalized spacial score (nSPS) is 25.9. The van der Waals surface area contributed by atoms with E-state index < -0.39 is 0 Å². The average Bonchev–Trinajstić information content (AvgIpc) is 2.39. The fourth-order valence-electron chi connectivity index (χ4n) is 2.79. The van der Waals surface area contributed by atoms with Crippen molar-refractivity contribution in [1.82, 2.24) is 15.3 Å². The lowest BCUT2D eigenvalue weighted by Crippen LogP contribution is -2.37. The van der Waals surface area contributed by atoms with Crippen LogP contribution in [0.15, 0.2) is 12.4 Å². The van der Waals surface area contributed by atoms with Crippen molar-refractivity contribution >= 4 is 11.8 Å². The highest BCUT2D eigenvalue weighted by molar-refractivity contribution is 7.99. The summed E-state index contributed by atoms with van der Waals surface area (Å²) in [6, 6.07) is 0.928. The van der Waals surface area contributed by atoms with Gasteiger partial charge in [0.1, 0.15) is 0 Å². The minimum atomic E-state index is 0.296. The smallest absolute Gasteiger partial charge is 0.0782 e. The van der Waals surface area contributed by atoms with Gasteiger partial charge in [-0.2, -0.15) is 11.8 Å². The third-order valence-corrected chi connectivity index (χ3v) is 4.87. The molecule has 0 amide bonds. The minimum Gasteiger partial charge on any atom is -0.306 e. The molecule has 1 saturated carbocycles. The summed E-state index contributed by atoms with van der Waals surface area (Å²) in [4.78, 5) is 8.77. The fourth-order valence-corrected chi connectivity index (χ4v) is 3.61. The fraction of sp³-hybridized carbons (Fsp3) is 0.714. The zero-order chi connectivity index (χ0) is 13.0. The Labute approximate surface area is 114 Å². The Kier molecular flexibility index (Phi) is 5.01. The number of nitrogens with one attached hydrogen (secondary N) is 1. The first-order chi connectivity index (χ1) is 8.70. The van der Waals surface area contributed by atoms with Gasteiger partial charge in [-0.1, -0.05) is 6.42 Å². The summed E-state index contributed by atoms with van der Waals surface area (Å²) in [6.45, 7) is 4.23. The maximum Gasteiger partial charge on any atom is 0.0782 e. The van der Waals surface area contributed by atoms with Crippen molar-refractivity contribution in [2.45, 2.75) is 56.9 Å². The predicted octanol–water partition coefficient (Wildman–Crippen LogP) is 3.11. The first-order valence-electron chi connectivity index (χ1n) is 6.77. The van der Waals surface area contributed by atoms with Gasteiger partial charge in [0.15, 0.2) is 0 Å². The van der Waals surface area contributed by atoms with Crippen LogP contribution < -0.4 is 5.32 Å². The zero-order valence-corrected chi connectivity index (χ0v) is 12.3. The summed E-state index contributed by atoms with van der Waals surface area (Å²) in [5.41, 5.74) is 2.12. The van der Waals surface area contributed by atoms with Crippen molar-refractivity contribution < 1.29 is 0 Å². The number of thioether (sulfide) groups is 1. The molecule has 100 valence electrons. The van der Waals surface area contributed by atoms with E-state index in [1.165, 1.54) is 25.7 Å². The number of hydrogen-bond donors (Lipinski definition) is 1. The molecule has 0 bridgehead atoms. The molecular formula is C14H23N3S. The SMILES string of the molecule is CSC1CCCC(NC(C)c2nccnc2C)C1. The molecule has 1 heterocycles. The van der Waals surface area contributed by atoms with E-state index >= 15 is 0 Å². The highest BCUT2D eigenvalue weighted by atomic mass is 32.2. The van der Waals surface area contributed by atoms with Crippen molar-refractivity contribution in [1.29, 1.82) is 0 Å². The molecule has 1 aliphatic carbocycles. The summed E-state index contributed by atoms with van der Waals surface area (Å²) >= 11 is 2.01. The second-order valence-corrected chi connectivity index (χ2v) is 6.27. The molecule has 3 nitrogen and oxygen atoms in total. The lowest BCUT2D eigenvalue weighted by atomic mass is 9.94. The molecule has 4 heteroatoms. The van der Waals surface area contributed by atoms with Gasteiger partial charge in [0, 0.05) is 29.7 Å². The van der Waals surface area contributed by atoms with Crippen molar-refractivity contribution in [3.8, 4) is 0 Å². The van der Waals surface area contributed by atoms with E-state index in [1.54, 1.807) is 12.4 Å². The standard InChI is InChI=1S/C14H23N3S/c1-10-14(16-8-7-15-10)11(2)17-12-5-4-6-13(9-12)18-3/h7-8,11-13,17H,4-6,9H2,1-3H3. The van der Waals surface area contributed by atoms with Gasteiger partial charge >= 0.3 is 0 Å². The van der Waals surface area contributed by atoms with Crippen LogP contribution in [-0.2, 0) is 0 Å². The van der Waals surface area contributed by atoms with Crippen LogP contribution in [0.25, 0.3) is 0 Å². The van der Waals surface area contributed by atoms with Gasteiger partial charge in [-0.05, 0) is 39.4 Å². The van der Waals surface area contributed by atoms with Crippen LogP contribution in [0.4, 0.5) is 0 Å². The summed E-state index contributed by atoms with van der Waals surface area (Å²) in [6.07, 6.45) is 11.1. The van der Waals surface area contributed by atoms with Crippen LogP contribution in [0.2, 0.25) is 0 Å². The largest absolute Gasteiger partial charge is 0.306 e. The Morgan fingerprint density at radius 1 is 1.33 bits per heavy atom. The molecular weight excluding hydrogens is 242 g/mol. The Hall–Kier alpha value is -0.610. The van der Waals surface area contributed by atoms with Crippen LogP contribution in [0.3, 0.4) is 0 Å². The molecule has 1 N–H and O–H groups in total. The second-order valence-electron chi connectivity index (χ2n) is 5.14. The van der Waals surface area contributed by atoms with Gasteiger partial charge in [-0.15, -0.1) is 0 Å². The van der Waals surface area contributed by atoms with Gasteiger partial charge < -0.3 is 5.32 Å². The average molecular weight is 265 g/mol. The van der Waals surface area contributed by atoms with Crippen molar-refractivity contribution in [3.05, 3.63) is 23.8 Å². The van der Waals surface area contributed by atoms with Crippen molar-refractivity contribution in [2.75, 3.05) is 6.26 Å². The molecule has 1 aromatic heterocycles. The minimum absolute atomic E-state index is 0.296. The molecule has 1 fully saturated rings. The number of nitrogens with zero attached hydrogens (tertiary/aromatic N) is 2. The predicted molar refractivity (Wildman–Crippen MR) is 77.9 cm³/mol. The molecule has 0 radical (unpaired) electrons. The van der Waals surface area contributed by atoms with Crippen LogP contribution in [-0.4, -0.2) is 27.5 Å². The summed E-state index contributed by atoms with van der Waals surface area (Å²) in [5, 5.41) is 4.55. The van der Waals surface area contributed by atoms with Crippen LogP contribution in [0.1, 0.15) is 50.0 Å². The van der Waals surface area contributed by atoms with E-state index in [1.807, 2.05) is 18.7 Å². The van der Waals surface area contributed by atoms with E-state index in [9.17, 15) is 0 Å². The maximum atomic E-state index is 4.45. The molecule has 1 aromatic rings. The molecule has 18 heavy (non-hydrogen) atoms. The Morgan fingerprint density at radius 3 is 2.83 bits per heavy atom. The van der Waals surface area contributed by atoms with E-state index in [-0.39, 0.29) is 0 Å². The zero-order valence-electron chi connectivity index (χ0n) is 11.5. The number of hydrogen-bond acceptors (Lipinski definition) is 4. The Morgan fingerprint density at radius 2 is 2.11 bits per heavy atom. The van der Waals surface area contributed by atoms with E-state index in [2.05, 4.69) is 28.5 Å². The summed E-state index contributed by atoms with van der Waals surface area (Å²) in [7, 11) is 0. The molecule has 0 aliphatic heterocycles. The van der Waals surface area contributed by atoms with E-state index in [0.29, 0.717) is 12.1 Å². The van der Waals surface area contributed by atoms with Gasteiger partial charge in [0.25, 0.3) is 0 Å². The molecule has 2 rings (SSSR count). The van der Waals surface area contributed by atoms with Crippen LogP contribution >= 0.6 is 11.8 Å². The van der Waals surface area contributed by atoms with Gasteiger partial charge in [-0.25, -0.2) is 0 Å². The van der Waals surface area contributed by atoms with Crippen LogP contribution in [0, 0.1) is 6.92 Å². The number of rotatable bonds is 4. The van der Waals surface area contributed by atoms with E-state index in [4.69, 9.17) is 0 Å².